The van der Waals surface area contributed by atoms with Crippen molar-refractivity contribution < 1.29 is 19.7 Å². The standard InChI is InChI=1S/C11H14O4/c1-6-4-8(7(2)12)10(15-3)9(5-6)11(13)14/h4-5,7,12H,1-3H3,(H,13,14). The summed E-state index contributed by atoms with van der Waals surface area (Å²) in [4.78, 5) is 10.9. The van der Waals surface area contributed by atoms with Crippen molar-refractivity contribution >= 4 is 5.97 Å². The zero-order valence-electron chi connectivity index (χ0n) is 8.94. The number of rotatable bonds is 3. The first-order valence-corrected chi connectivity index (χ1v) is 4.57. The van der Waals surface area contributed by atoms with Gasteiger partial charge in [0.2, 0.25) is 0 Å². The lowest BCUT2D eigenvalue weighted by molar-refractivity contribution is 0.0692. The van der Waals surface area contributed by atoms with Gasteiger partial charge < -0.3 is 14.9 Å². The number of carboxylic acid groups (broad SMARTS) is 1. The minimum absolute atomic E-state index is 0.0772. The summed E-state index contributed by atoms with van der Waals surface area (Å²) in [6.07, 6.45) is -0.752. The quantitative estimate of drug-likeness (QED) is 0.797. The molecule has 4 heteroatoms. The first-order valence-electron chi connectivity index (χ1n) is 4.57. The molecule has 0 spiro atoms. The number of hydrogen-bond acceptors (Lipinski definition) is 3. The number of ether oxygens (including phenoxy) is 1. The van der Waals surface area contributed by atoms with E-state index in [0.29, 0.717) is 5.56 Å². The van der Waals surface area contributed by atoms with Crippen LogP contribution in [0.4, 0.5) is 0 Å². The van der Waals surface area contributed by atoms with E-state index < -0.39 is 12.1 Å². The molecule has 2 N–H and O–H groups in total. The summed E-state index contributed by atoms with van der Waals surface area (Å²) >= 11 is 0. The van der Waals surface area contributed by atoms with Crippen LogP contribution < -0.4 is 4.74 Å². The molecule has 82 valence electrons. The zero-order chi connectivity index (χ0) is 11.6. The van der Waals surface area contributed by atoms with E-state index in [1.807, 2.05) is 0 Å². The van der Waals surface area contributed by atoms with E-state index in [1.165, 1.54) is 13.2 Å². The smallest absolute Gasteiger partial charge is 0.339 e. The summed E-state index contributed by atoms with van der Waals surface area (Å²) < 4.78 is 5.01. The molecule has 1 atom stereocenters. The van der Waals surface area contributed by atoms with Crippen LogP contribution in [0.2, 0.25) is 0 Å². The molecule has 0 aromatic heterocycles. The predicted octanol–water partition coefficient (Wildman–Crippen LogP) is 1.76. The molecule has 1 aromatic rings. The van der Waals surface area contributed by atoms with Gasteiger partial charge in [-0.1, -0.05) is 0 Å². The molecule has 1 aromatic carbocycles. The minimum atomic E-state index is -1.06. The Morgan fingerprint density at radius 2 is 2.07 bits per heavy atom. The lowest BCUT2D eigenvalue weighted by Gasteiger charge is -2.14. The van der Waals surface area contributed by atoms with Crippen LogP contribution in [-0.4, -0.2) is 23.3 Å². The summed E-state index contributed by atoms with van der Waals surface area (Å²) in [7, 11) is 1.39. The van der Waals surface area contributed by atoms with Gasteiger partial charge in [0.1, 0.15) is 11.3 Å². The van der Waals surface area contributed by atoms with E-state index in [4.69, 9.17) is 9.84 Å². The highest BCUT2D eigenvalue weighted by Crippen LogP contribution is 2.30. The van der Waals surface area contributed by atoms with Gasteiger partial charge in [-0.15, -0.1) is 0 Å². The highest BCUT2D eigenvalue weighted by atomic mass is 16.5. The molecule has 0 bridgehead atoms. The van der Waals surface area contributed by atoms with E-state index in [9.17, 15) is 9.90 Å². The molecule has 0 fully saturated rings. The zero-order valence-corrected chi connectivity index (χ0v) is 8.94. The van der Waals surface area contributed by atoms with Gasteiger partial charge in [-0.3, -0.25) is 0 Å². The first-order chi connectivity index (χ1) is 6.97. The van der Waals surface area contributed by atoms with Gasteiger partial charge >= 0.3 is 5.97 Å². The highest BCUT2D eigenvalue weighted by molar-refractivity contribution is 5.91. The van der Waals surface area contributed by atoms with E-state index in [2.05, 4.69) is 0 Å². The predicted molar refractivity (Wildman–Crippen MR) is 55.3 cm³/mol. The average molecular weight is 210 g/mol. The Labute approximate surface area is 88.1 Å². The SMILES string of the molecule is COc1c(C(=O)O)cc(C)cc1C(C)O. The van der Waals surface area contributed by atoms with Gasteiger partial charge in [-0.2, -0.15) is 0 Å². The number of methoxy groups -OCH3 is 1. The number of aryl methyl sites for hydroxylation is 1. The molecular formula is C11H14O4. The Bertz CT molecular complexity index is 382. The number of carbonyl (C=O) groups is 1. The Morgan fingerprint density at radius 3 is 2.47 bits per heavy atom. The van der Waals surface area contributed by atoms with Crippen molar-refractivity contribution in [1.29, 1.82) is 0 Å². The molecule has 15 heavy (non-hydrogen) atoms. The van der Waals surface area contributed by atoms with Crippen molar-refractivity contribution in [3.63, 3.8) is 0 Å². The fraction of sp³-hybridized carbons (Fsp3) is 0.364. The van der Waals surface area contributed by atoms with Crippen molar-refractivity contribution in [3.8, 4) is 5.75 Å². The molecule has 0 radical (unpaired) electrons. The van der Waals surface area contributed by atoms with E-state index >= 15 is 0 Å². The van der Waals surface area contributed by atoms with Crippen LogP contribution in [0.1, 0.15) is 34.5 Å². The van der Waals surface area contributed by atoms with Crippen LogP contribution in [-0.2, 0) is 0 Å². The second kappa shape index (κ2) is 4.31. The maximum absolute atomic E-state index is 10.9. The number of aliphatic hydroxyl groups excluding tert-OH is 1. The van der Waals surface area contributed by atoms with E-state index in [1.54, 1.807) is 19.9 Å². The summed E-state index contributed by atoms with van der Waals surface area (Å²) in [5.74, 6) is -0.833. The summed E-state index contributed by atoms with van der Waals surface area (Å²) in [6.45, 7) is 3.35. The van der Waals surface area contributed by atoms with Gasteiger partial charge in [-0.05, 0) is 31.5 Å². The molecular weight excluding hydrogens is 196 g/mol. The Hall–Kier alpha value is -1.55. The second-order valence-corrected chi connectivity index (χ2v) is 3.42. The summed E-state index contributed by atoms with van der Waals surface area (Å²) in [6, 6.07) is 3.24. The molecule has 0 aliphatic heterocycles. The van der Waals surface area contributed by atoms with E-state index in [-0.39, 0.29) is 11.3 Å². The van der Waals surface area contributed by atoms with Crippen molar-refractivity contribution in [2.75, 3.05) is 7.11 Å². The molecule has 0 aliphatic carbocycles. The Kier molecular flexibility index (Phi) is 3.31. The minimum Gasteiger partial charge on any atom is -0.495 e. The van der Waals surface area contributed by atoms with Crippen LogP contribution in [0, 0.1) is 6.92 Å². The molecule has 4 nitrogen and oxygen atoms in total. The molecule has 0 saturated carbocycles. The van der Waals surface area contributed by atoms with Crippen LogP contribution >= 0.6 is 0 Å². The monoisotopic (exact) mass is 210 g/mol. The summed E-state index contributed by atoms with van der Waals surface area (Å²) in [5, 5.41) is 18.5. The number of carboxylic acids is 1. The lowest BCUT2D eigenvalue weighted by Crippen LogP contribution is -2.06. The number of aromatic carboxylic acids is 1. The second-order valence-electron chi connectivity index (χ2n) is 3.42. The molecule has 0 saturated heterocycles. The molecule has 1 unspecified atom stereocenters. The third-order valence-corrected chi connectivity index (χ3v) is 2.15. The van der Waals surface area contributed by atoms with E-state index in [0.717, 1.165) is 5.56 Å². The molecule has 1 rings (SSSR count). The highest BCUT2D eigenvalue weighted by Gasteiger charge is 2.18. The Balaban J connectivity index is 3.45. The molecule has 0 heterocycles. The van der Waals surface area contributed by atoms with Gasteiger partial charge in [0, 0.05) is 5.56 Å². The lowest BCUT2D eigenvalue weighted by atomic mass is 10.0. The first kappa shape index (κ1) is 11.5. The van der Waals surface area contributed by atoms with Crippen molar-refractivity contribution in [2.45, 2.75) is 20.0 Å². The van der Waals surface area contributed by atoms with Crippen molar-refractivity contribution in [2.24, 2.45) is 0 Å². The third-order valence-electron chi connectivity index (χ3n) is 2.15. The maximum Gasteiger partial charge on any atom is 0.339 e. The molecule has 0 aliphatic rings. The number of benzene rings is 1. The Morgan fingerprint density at radius 1 is 1.47 bits per heavy atom. The fourth-order valence-corrected chi connectivity index (χ4v) is 1.50. The van der Waals surface area contributed by atoms with Crippen molar-refractivity contribution in [3.05, 3.63) is 28.8 Å². The fourth-order valence-electron chi connectivity index (χ4n) is 1.50. The number of hydrogen-bond donors (Lipinski definition) is 2. The van der Waals surface area contributed by atoms with Crippen LogP contribution in [0.15, 0.2) is 12.1 Å². The number of aliphatic hydroxyl groups is 1. The molecule has 0 amide bonds. The topological polar surface area (TPSA) is 66.8 Å². The average Bonchev–Trinajstić information content (AvgIpc) is 2.16. The van der Waals surface area contributed by atoms with Crippen molar-refractivity contribution in [1.82, 2.24) is 0 Å². The largest absolute Gasteiger partial charge is 0.495 e. The van der Waals surface area contributed by atoms with Gasteiger partial charge in [0.25, 0.3) is 0 Å². The van der Waals surface area contributed by atoms with Crippen LogP contribution in [0.3, 0.4) is 0 Å². The van der Waals surface area contributed by atoms with Gasteiger partial charge in [0.15, 0.2) is 0 Å². The van der Waals surface area contributed by atoms with Crippen LogP contribution in [0.5, 0.6) is 5.75 Å². The van der Waals surface area contributed by atoms with Crippen LogP contribution in [0.25, 0.3) is 0 Å². The summed E-state index contributed by atoms with van der Waals surface area (Å²) in [5.41, 5.74) is 1.35. The van der Waals surface area contributed by atoms with Gasteiger partial charge in [0.05, 0.1) is 13.2 Å². The maximum atomic E-state index is 10.9. The van der Waals surface area contributed by atoms with Gasteiger partial charge in [-0.25, -0.2) is 4.79 Å². The third kappa shape index (κ3) is 2.27. The normalized spacial score (nSPS) is 12.3.